The molecule has 36 heavy (non-hydrogen) atoms. The number of rotatable bonds is 10. The highest BCUT2D eigenvalue weighted by Crippen LogP contribution is 2.23. The fourth-order valence-electron chi connectivity index (χ4n) is 4.20. The maximum Gasteiger partial charge on any atom is 0.244 e. The van der Waals surface area contributed by atoms with Gasteiger partial charge in [-0.25, -0.2) is 17.2 Å². The third-order valence-corrected chi connectivity index (χ3v) is 7.37. The Bertz CT molecular complexity index is 1200. The lowest BCUT2D eigenvalue weighted by Gasteiger charge is -2.32. The average Bonchev–Trinajstić information content (AvgIpc) is 3.34. The highest BCUT2D eigenvalue weighted by molar-refractivity contribution is 7.92. The van der Waals surface area contributed by atoms with Gasteiger partial charge in [0, 0.05) is 18.7 Å². The fraction of sp³-hybridized carbons (Fsp3) is 0.440. The Morgan fingerprint density at radius 1 is 1.11 bits per heavy atom. The van der Waals surface area contributed by atoms with Crippen LogP contribution in [0.25, 0.3) is 0 Å². The number of carbonyl (C=O) groups excluding carboxylic acids is 2. The molecule has 0 bridgehead atoms. The number of sulfonamides is 1. The quantitative estimate of drug-likeness (QED) is 0.516. The van der Waals surface area contributed by atoms with Gasteiger partial charge in [0.05, 0.1) is 19.1 Å². The Kier molecular flexibility index (Phi) is 8.89. The summed E-state index contributed by atoms with van der Waals surface area (Å²) in [7, 11) is -2.54. The fourth-order valence-corrected chi connectivity index (χ4v) is 5.04. The van der Waals surface area contributed by atoms with Crippen molar-refractivity contribution in [2.24, 2.45) is 0 Å². The van der Waals surface area contributed by atoms with E-state index in [9.17, 15) is 26.8 Å². The first-order chi connectivity index (χ1) is 17.0. The molecule has 0 saturated heterocycles. The molecule has 1 aliphatic carbocycles. The smallest absolute Gasteiger partial charge is 0.244 e. The van der Waals surface area contributed by atoms with Crippen molar-refractivity contribution in [1.29, 1.82) is 0 Å². The summed E-state index contributed by atoms with van der Waals surface area (Å²) < 4.78 is 58.2. The number of nitrogens with zero attached hydrogens (tertiary/aromatic N) is 2. The molecule has 0 heterocycles. The van der Waals surface area contributed by atoms with Gasteiger partial charge in [-0.2, -0.15) is 0 Å². The summed E-state index contributed by atoms with van der Waals surface area (Å²) in [6, 6.07) is 8.64. The van der Waals surface area contributed by atoms with E-state index in [0.717, 1.165) is 44.1 Å². The second-order valence-corrected chi connectivity index (χ2v) is 10.8. The lowest BCUT2D eigenvalue weighted by Crippen LogP contribution is -2.52. The normalized spacial score (nSPS) is 14.8. The van der Waals surface area contributed by atoms with Crippen LogP contribution in [0.4, 0.5) is 14.5 Å². The van der Waals surface area contributed by atoms with Gasteiger partial charge in [0.1, 0.15) is 18.3 Å². The number of methoxy groups -OCH3 is 1. The van der Waals surface area contributed by atoms with Crippen LogP contribution in [-0.4, -0.2) is 57.1 Å². The van der Waals surface area contributed by atoms with E-state index in [2.05, 4.69) is 5.32 Å². The number of amides is 2. The van der Waals surface area contributed by atoms with Crippen molar-refractivity contribution in [1.82, 2.24) is 10.2 Å². The van der Waals surface area contributed by atoms with Gasteiger partial charge >= 0.3 is 0 Å². The molecular formula is C25H31F2N3O5S. The van der Waals surface area contributed by atoms with Gasteiger partial charge in [-0.05, 0) is 49.6 Å². The number of ether oxygens (including phenoxy) is 1. The lowest BCUT2D eigenvalue weighted by molar-refractivity contribution is -0.139. The van der Waals surface area contributed by atoms with E-state index in [1.165, 1.54) is 12.0 Å². The first-order valence-corrected chi connectivity index (χ1v) is 13.5. The summed E-state index contributed by atoms with van der Waals surface area (Å²) >= 11 is 0. The summed E-state index contributed by atoms with van der Waals surface area (Å²) in [6.45, 7) is 0.879. The third kappa shape index (κ3) is 6.93. The van der Waals surface area contributed by atoms with Gasteiger partial charge in [0.2, 0.25) is 21.8 Å². The van der Waals surface area contributed by atoms with Gasteiger partial charge in [0.15, 0.2) is 11.6 Å². The molecule has 0 spiro atoms. The Morgan fingerprint density at radius 2 is 1.81 bits per heavy atom. The van der Waals surface area contributed by atoms with Crippen LogP contribution in [0, 0.1) is 11.6 Å². The molecule has 0 aromatic heterocycles. The molecule has 1 N–H and O–H groups in total. The van der Waals surface area contributed by atoms with Gasteiger partial charge < -0.3 is 15.0 Å². The molecule has 1 unspecified atom stereocenters. The largest absolute Gasteiger partial charge is 0.497 e. The number of hydrogen-bond donors (Lipinski definition) is 1. The topological polar surface area (TPSA) is 96.0 Å². The highest BCUT2D eigenvalue weighted by Gasteiger charge is 2.31. The Balaban J connectivity index is 1.90. The van der Waals surface area contributed by atoms with E-state index in [-0.39, 0.29) is 24.2 Å². The molecule has 0 radical (unpaired) electrons. The summed E-state index contributed by atoms with van der Waals surface area (Å²) in [5, 5.41) is 2.97. The molecule has 1 saturated carbocycles. The molecule has 1 atom stereocenters. The monoisotopic (exact) mass is 523 g/mol. The number of hydrogen-bond acceptors (Lipinski definition) is 5. The van der Waals surface area contributed by atoms with Crippen LogP contribution in [-0.2, 0) is 26.2 Å². The van der Waals surface area contributed by atoms with Crippen LogP contribution in [0.15, 0.2) is 42.5 Å². The molecule has 2 amide bonds. The zero-order valence-corrected chi connectivity index (χ0v) is 21.4. The maximum atomic E-state index is 13.9. The van der Waals surface area contributed by atoms with Crippen LogP contribution in [0.1, 0.15) is 38.2 Å². The predicted octanol–water partition coefficient (Wildman–Crippen LogP) is 3.22. The standard InChI is InChI=1S/C25H31F2N3O5S/c1-17(25(32)28-19-8-4-5-9-19)29(15-18-7-6-10-21(13-18)35-2)24(31)16-30(36(3,33)34)20-11-12-22(26)23(27)14-20/h6-7,10-14,17,19H,4-5,8-9,15-16H2,1-3H3,(H,28,32). The second-order valence-electron chi connectivity index (χ2n) is 8.91. The van der Waals surface area contributed by atoms with Gasteiger partial charge in [0.25, 0.3) is 0 Å². The number of nitrogens with one attached hydrogen (secondary N) is 1. The minimum absolute atomic E-state index is 0.00463. The van der Waals surface area contributed by atoms with Crippen molar-refractivity contribution in [2.75, 3.05) is 24.2 Å². The minimum atomic E-state index is -4.05. The van der Waals surface area contributed by atoms with E-state index < -0.39 is 40.2 Å². The van der Waals surface area contributed by atoms with E-state index in [1.54, 1.807) is 31.2 Å². The van der Waals surface area contributed by atoms with Crippen LogP contribution < -0.4 is 14.4 Å². The molecule has 11 heteroatoms. The molecule has 3 rings (SSSR count). The van der Waals surface area contributed by atoms with Crippen molar-refractivity contribution in [3.05, 3.63) is 59.7 Å². The van der Waals surface area contributed by atoms with Gasteiger partial charge in [-0.15, -0.1) is 0 Å². The number of carbonyl (C=O) groups is 2. The first kappa shape index (κ1) is 27.4. The number of anilines is 1. The van der Waals surface area contributed by atoms with Crippen LogP contribution >= 0.6 is 0 Å². The molecule has 196 valence electrons. The summed E-state index contributed by atoms with van der Waals surface area (Å²) in [6.07, 6.45) is 4.62. The molecule has 0 aliphatic heterocycles. The van der Waals surface area contributed by atoms with Crippen molar-refractivity contribution >= 4 is 27.5 Å². The zero-order valence-electron chi connectivity index (χ0n) is 20.5. The first-order valence-electron chi connectivity index (χ1n) is 11.6. The second kappa shape index (κ2) is 11.7. The third-order valence-electron chi connectivity index (χ3n) is 6.23. The SMILES string of the molecule is COc1cccc(CN(C(=O)CN(c2ccc(F)c(F)c2)S(C)(=O)=O)C(C)C(=O)NC2CCCC2)c1. The van der Waals surface area contributed by atoms with Crippen LogP contribution in [0.2, 0.25) is 0 Å². The summed E-state index contributed by atoms with van der Waals surface area (Å²) in [4.78, 5) is 27.8. The van der Waals surface area contributed by atoms with Gasteiger partial charge in [-0.1, -0.05) is 25.0 Å². The molecule has 1 fully saturated rings. The van der Waals surface area contributed by atoms with E-state index >= 15 is 0 Å². The van der Waals surface area contributed by atoms with Crippen molar-refractivity contribution in [3.63, 3.8) is 0 Å². The Hall–Kier alpha value is -3.21. The summed E-state index contributed by atoms with van der Waals surface area (Å²) in [5.41, 5.74) is 0.469. The zero-order chi connectivity index (χ0) is 26.5. The van der Waals surface area contributed by atoms with Crippen LogP contribution in [0.3, 0.4) is 0 Å². The molecular weight excluding hydrogens is 492 g/mol. The number of halogens is 2. The predicted molar refractivity (Wildman–Crippen MR) is 132 cm³/mol. The van der Waals surface area contributed by atoms with E-state index in [0.29, 0.717) is 21.7 Å². The Morgan fingerprint density at radius 3 is 2.42 bits per heavy atom. The summed E-state index contributed by atoms with van der Waals surface area (Å²) in [5.74, 6) is -2.86. The van der Waals surface area contributed by atoms with E-state index in [4.69, 9.17) is 4.74 Å². The van der Waals surface area contributed by atoms with Crippen LogP contribution in [0.5, 0.6) is 5.75 Å². The maximum absolute atomic E-state index is 13.9. The average molecular weight is 524 g/mol. The van der Waals surface area contributed by atoms with Crippen molar-refractivity contribution < 1.29 is 31.5 Å². The van der Waals surface area contributed by atoms with Crippen molar-refractivity contribution in [3.8, 4) is 5.75 Å². The van der Waals surface area contributed by atoms with Crippen molar-refractivity contribution in [2.45, 2.75) is 51.2 Å². The Labute approximate surface area is 210 Å². The molecule has 8 nitrogen and oxygen atoms in total. The molecule has 2 aromatic rings. The van der Waals surface area contributed by atoms with Gasteiger partial charge in [-0.3, -0.25) is 13.9 Å². The molecule has 2 aromatic carbocycles. The lowest BCUT2D eigenvalue weighted by atomic mass is 10.1. The highest BCUT2D eigenvalue weighted by atomic mass is 32.2. The minimum Gasteiger partial charge on any atom is -0.497 e. The van der Waals surface area contributed by atoms with E-state index in [1.807, 2.05) is 0 Å². The number of benzene rings is 2. The molecule has 1 aliphatic rings.